The van der Waals surface area contributed by atoms with E-state index in [0.717, 1.165) is 17.4 Å². The fraction of sp³-hybridized carbons (Fsp3) is 0.750. The van der Waals surface area contributed by atoms with Crippen LogP contribution in [-0.2, 0) is 6.54 Å². The summed E-state index contributed by atoms with van der Waals surface area (Å²) < 4.78 is 3.12. The molecule has 1 fully saturated rings. The molecule has 0 bridgehead atoms. The van der Waals surface area contributed by atoms with Gasteiger partial charge in [-0.05, 0) is 40.9 Å². The molecule has 1 aromatic rings. The highest BCUT2D eigenvalue weighted by Gasteiger charge is 2.26. The molecule has 1 aliphatic rings. The number of nitrogens with zero attached hydrogens (tertiary/aromatic N) is 2. The van der Waals surface area contributed by atoms with E-state index in [1.54, 1.807) is 0 Å². The van der Waals surface area contributed by atoms with Crippen molar-refractivity contribution in [1.82, 2.24) is 9.78 Å². The SMILES string of the molecule is CCCn1ncc(Br)c1C(N)C1CCCCS1. The molecule has 2 atom stereocenters. The van der Waals surface area contributed by atoms with Crippen molar-refractivity contribution in [2.75, 3.05) is 5.75 Å². The third kappa shape index (κ3) is 3.06. The fourth-order valence-electron chi connectivity index (χ4n) is 2.32. The first-order valence-electron chi connectivity index (χ1n) is 6.32. The van der Waals surface area contributed by atoms with Gasteiger partial charge >= 0.3 is 0 Å². The highest BCUT2D eigenvalue weighted by Crippen LogP contribution is 2.35. The first-order valence-corrected chi connectivity index (χ1v) is 8.16. The molecule has 1 aromatic heterocycles. The van der Waals surface area contributed by atoms with Crippen LogP contribution in [0.25, 0.3) is 0 Å². The number of thioether (sulfide) groups is 1. The van der Waals surface area contributed by atoms with Gasteiger partial charge in [-0.15, -0.1) is 0 Å². The second-order valence-corrected chi connectivity index (χ2v) is 6.73. The highest BCUT2D eigenvalue weighted by molar-refractivity contribution is 9.10. The molecular weight excluding hydrogens is 298 g/mol. The van der Waals surface area contributed by atoms with Gasteiger partial charge in [0, 0.05) is 11.8 Å². The van der Waals surface area contributed by atoms with Gasteiger partial charge < -0.3 is 5.73 Å². The van der Waals surface area contributed by atoms with Crippen LogP contribution < -0.4 is 5.73 Å². The van der Waals surface area contributed by atoms with Gasteiger partial charge in [0.1, 0.15) is 0 Å². The van der Waals surface area contributed by atoms with Crippen molar-refractivity contribution < 1.29 is 0 Å². The molecule has 1 aliphatic heterocycles. The summed E-state index contributed by atoms with van der Waals surface area (Å²) in [6.45, 7) is 3.12. The van der Waals surface area contributed by atoms with Crippen molar-refractivity contribution in [3.8, 4) is 0 Å². The van der Waals surface area contributed by atoms with E-state index in [0.29, 0.717) is 5.25 Å². The maximum atomic E-state index is 6.43. The second kappa shape index (κ2) is 6.25. The van der Waals surface area contributed by atoms with Crippen LogP contribution >= 0.6 is 27.7 Å². The van der Waals surface area contributed by atoms with E-state index < -0.39 is 0 Å². The molecule has 1 saturated heterocycles. The summed E-state index contributed by atoms with van der Waals surface area (Å²) in [4.78, 5) is 0. The van der Waals surface area contributed by atoms with E-state index in [1.165, 1.54) is 30.7 Å². The molecule has 0 aliphatic carbocycles. The van der Waals surface area contributed by atoms with Crippen molar-refractivity contribution in [3.05, 3.63) is 16.4 Å². The molecule has 5 heteroatoms. The van der Waals surface area contributed by atoms with Crippen LogP contribution in [0.4, 0.5) is 0 Å². The topological polar surface area (TPSA) is 43.8 Å². The normalized spacial score (nSPS) is 22.6. The van der Waals surface area contributed by atoms with Crippen LogP contribution in [-0.4, -0.2) is 20.8 Å². The molecule has 2 N–H and O–H groups in total. The Kier molecular flexibility index (Phi) is 4.94. The monoisotopic (exact) mass is 317 g/mol. The van der Waals surface area contributed by atoms with Gasteiger partial charge in [-0.1, -0.05) is 13.3 Å². The number of hydrogen-bond acceptors (Lipinski definition) is 3. The Hall–Kier alpha value is -0.0000000000000000555. The van der Waals surface area contributed by atoms with Crippen LogP contribution in [0.1, 0.15) is 44.3 Å². The number of nitrogens with two attached hydrogens (primary N) is 1. The second-order valence-electron chi connectivity index (χ2n) is 4.53. The van der Waals surface area contributed by atoms with Gasteiger partial charge in [-0.3, -0.25) is 4.68 Å². The molecule has 2 heterocycles. The molecule has 0 radical (unpaired) electrons. The Morgan fingerprint density at radius 2 is 2.47 bits per heavy atom. The Balaban J connectivity index is 2.16. The largest absolute Gasteiger partial charge is 0.322 e. The van der Waals surface area contributed by atoms with Crippen molar-refractivity contribution in [1.29, 1.82) is 0 Å². The predicted molar refractivity (Wildman–Crippen MR) is 77.2 cm³/mol. The van der Waals surface area contributed by atoms with Gasteiger partial charge in [0.25, 0.3) is 0 Å². The van der Waals surface area contributed by atoms with Gasteiger partial charge in [-0.25, -0.2) is 0 Å². The highest BCUT2D eigenvalue weighted by atomic mass is 79.9. The minimum Gasteiger partial charge on any atom is -0.322 e. The molecule has 2 unspecified atom stereocenters. The summed E-state index contributed by atoms with van der Waals surface area (Å²) in [6, 6.07) is 0.101. The molecule has 0 spiro atoms. The molecule has 0 saturated carbocycles. The quantitative estimate of drug-likeness (QED) is 0.926. The summed E-state index contributed by atoms with van der Waals surface area (Å²) in [6.07, 6.45) is 6.84. The molecule has 96 valence electrons. The van der Waals surface area contributed by atoms with Crippen LogP contribution in [0.15, 0.2) is 10.7 Å². The average Bonchev–Trinajstić information content (AvgIpc) is 2.71. The number of rotatable bonds is 4. The zero-order valence-electron chi connectivity index (χ0n) is 10.2. The van der Waals surface area contributed by atoms with Crippen LogP contribution in [0.2, 0.25) is 0 Å². The number of aromatic nitrogens is 2. The Labute approximate surface area is 116 Å². The summed E-state index contributed by atoms with van der Waals surface area (Å²) in [7, 11) is 0. The molecule has 0 aromatic carbocycles. The van der Waals surface area contributed by atoms with Gasteiger partial charge in [0.2, 0.25) is 0 Å². The fourth-order valence-corrected chi connectivity index (χ4v) is 4.22. The lowest BCUT2D eigenvalue weighted by Crippen LogP contribution is -2.29. The Bertz CT molecular complexity index is 361. The van der Waals surface area contributed by atoms with Crippen LogP contribution in [0, 0.1) is 0 Å². The number of hydrogen-bond donors (Lipinski definition) is 1. The van der Waals surface area contributed by atoms with Crippen LogP contribution in [0.3, 0.4) is 0 Å². The molecule has 2 rings (SSSR count). The molecule has 17 heavy (non-hydrogen) atoms. The Morgan fingerprint density at radius 1 is 1.65 bits per heavy atom. The van der Waals surface area contributed by atoms with Crippen molar-refractivity contribution in [2.24, 2.45) is 5.73 Å². The van der Waals surface area contributed by atoms with Crippen molar-refractivity contribution >= 4 is 27.7 Å². The van der Waals surface area contributed by atoms with E-state index in [-0.39, 0.29) is 6.04 Å². The van der Waals surface area contributed by atoms with Gasteiger partial charge in [-0.2, -0.15) is 16.9 Å². The van der Waals surface area contributed by atoms with E-state index >= 15 is 0 Å². The first kappa shape index (κ1) is 13.4. The summed E-state index contributed by atoms with van der Waals surface area (Å²) in [5.41, 5.74) is 7.61. The van der Waals surface area contributed by atoms with E-state index in [1.807, 2.05) is 18.0 Å². The lowest BCUT2D eigenvalue weighted by atomic mass is 10.1. The van der Waals surface area contributed by atoms with Crippen molar-refractivity contribution in [2.45, 2.75) is 50.4 Å². The van der Waals surface area contributed by atoms with E-state index in [9.17, 15) is 0 Å². The standard InChI is InChI=1S/C12H20BrN3S/c1-2-6-16-12(9(13)8-15-16)11(14)10-5-3-4-7-17-10/h8,10-11H,2-7,14H2,1H3. The predicted octanol–water partition coefficient (Wildman–Crippen LogP) is 3.34. The maximum Gasteiger partial charge on any atom is 0.0704 e. The lowest BCUT2D eigenvalue weighted by Gasteiger charge is -2.27. The van der Waals surface area contributed by atoms with Crippen LogP contribution in [0.5, 0.6) is 0 Å². The van der Waals surface area contributed by atoms with E-state index in [2.05, 4.69) is 32.6 Å². The molecule has 0 amide bonds. The third-order valence-electron chi connectivity index (χ3n) is 3.20. The summed E-state index contributed by atoms with van der Waals surface area (Å²) in [5, 5.41) is 4.95. The lowest BCUT2D eigenvalue weighted by molar-refractivity contribution is 0.507. The third-order valence-corrected chi connectivity index (χ3v) is 5.29. The first-order chi connectivity index (χ1) is 8.24. The van der Waals surface area contributed by atoms with Gasteiger partial charge in [0.15, 0.2) is 0 Å². The van der Waals surface area contributed by atoms with Gasteiger partial charge in [0.05, 0.1) is 22.4 Å². The zero-order valence-corrected chi connectivity index (χ0v) is 12.6. The average molecular weight is 318 g/mol. The smallest absolute Gasteiger partial charge is 0.0704 e. The summed E-state index contributed by atoms with van der Waals surface area (Å²) in [5.74, 6) is 1.25. The minimum absolute atomic E-state index is 0.101. The number of aryl methyl sites for hydroxylation is 1. The molecule has 3 nitrogen and oxygen atoms in total. The maximum absolute atomic E-state index is 6.43. The van der Waals surface area contributed by atoms with E-state index in [4.69, 9.17) is 5.73 Å². The zero-order chi connectivity index (χ0) is 12.3. The Morgan fingerprint density at radius 3 is 3.12 bits per heavy atom. The van der Waals surface area contributed by atoms with Crippen molar-refractivity contribution in [3.63, 3.8) is 0 Å². The number of halogens is 1. The minimum atomic E-state index is 0.101. The summed E-state index contributed by atoms with van der Waals surface area (Å²) >= 11 is 5.60. The molecular formula is C12H20BrN3S.